The molecule has 0 aliphatic rings. The van der Waals surface area contributed by atoms with Crippen LogP contribution in [-0.2, 0) is 4.79 Å². The molecule has 0 spiro atoms. The summed E-state index contributed by atoms with van der Waals surface area (Å²) in [6.45, 7) is 3.75. The van der Waals surface area contributed by atoms with E-state index in [1.54, 1.807) is 30.3 Å². The van der Waals surface area contributed by atoms with Crippen molar-refractivity contribution in [3.63, 3.8) is 0 Å². The van der Waals surface area contributed by atoms with Gasteiger partial charge < -0.3 is 14.8 Å². The summed E-state index contributed by atoms with van der Waals surface area (Å²) in [6, 6.07) is 11.8. The first-order valence-corrected chi connectivity index (χ1v) is 8.83. The Balaban J connectivity index is 2.39. The average Bonchev–Trinajstić information content (AvgIpc) is 2.63. The molecule has 7 heteroatoms. The highest BCUT2D eigenvalue weighted by Crippen LogP contribution is 2.33. The molecule has 0 bridgehead atoms. The number of nitrogens with zero attached hydrogens (tertiary/aromatic N) is 1. The van der Waals surface area contributed by atoms with Crippen LogP contribution in [0.25, 0.3) is 6.08 Å². The fourth-order valence-corrected chi connectivity index (χ4v) is 2.59. The van der Waals surface area contributed by atoms with Gasteiger partial charge in [-0.1, -0.05) is 35.3 Å². The molecule has 27 heavy (non-hydrogen) atoms. The zero-order valence-corrected chi connectivity index (χ0v) is 16.6. The number of carbonyl (C=O) groups is 1. The number of hydrogen-bond acceptors (Lipinski definition) is 4. The van der Waals surface area contributed by atoms with E-state index in [1.807, 2.05) is 19.9 Å². The number of hydrogen-bond donors (Lipinski definition) is 1. The first kappa shape index (κ1) is 20.6. The Morgan fingerprint density at radius 2 is 2.00 bits per heavy atom. The van der Waals surface area contributed by atoms with Gasteiger partial charge in [0.2, 0.25) is 0 Å². The van der Waals surface area contributed by atoms with E-state index in [0.29, 0.717) is 32.8 Å². The summed E-state index contributed by atoms with van der Waals surface area (Å²) >= 11 is 12.0. The predicted molar refractivity (Wildman–Crippen MR) is 107 cm³/mol. The Bertz CT molecular complexity index is 918. The van der Waals surface area contributed by atoms with Gasteiger partial charge in [-0.3, -0.25) is 4.79 Å². The molecule has 140 valence electrons. The van der Waals surface area contributed by atoms with Gasteiger partial charge in [0.25, 0.3) is 5.91 Å². The minimum absolute atomic E-state index is 0.113. The van der Waals surface area contributed by atoms with E-state index in [2.05, 4.69) is 5.32 Å². The summed E-state index contributed by atoms with van der Waals surface area (Å²) in [4.78, 5) is 12.5. The van der Waals surface area contributed by atoms with E-state index in [4.69, 9.17) is 32.7 Å². The molecule has 1 amide bonds. The highest BCUT2D eigenvalue weighted by molar-refractivity contribution is 6.36. The second kappa shape index (κ2) is 9.31. The number of amides is 1. The SMILES string of the molecule is COc1cccc(/C=C(\C#N)C(=O)Nc2cc(Cl)ccc2Cl)c1OC(C)C. The van der Waals surface area contributed by atoms with Gasteiger partial charge in [0.15, 0.2) is 11.5 Å². The lowest BCUT2D eigenvalue weighted by Gasteiger charge is -2.16. The molecular formula is C20H18Cl2N2O3. The zero-order valence-electron chi connectivity index (χ0n) is 15.0. The van der Waals surface area contributed by atoms with Gasteiger partial charge in [-0.2, -0.15) is 5.26 Å². The van der Waals surface area contributed by atoms with Crippen molar-refractivity contribution in [1.82, 2.24) is 0 Å². The van der Waals surface area contributed by atoms with Gasteiger partial charge in [-0.25, -0.2) is 0 Å². The maximum atomic E-state index is 12.5. The third kappa shape index (κ3) is 5.40. The van der Waals surface area contributed by atoms with E-state index in [9.17, 15) is 10.1 Å². The summed E-state index contributed by atoms with van der Waals surface area (Å²) in [7, 11) is 1.52. The van der Waals surface area contributed by atoms with Crippen molar-refractivity contribution in [3.8, 4) is 17.6 Å². The Morgan fingerprint density at radius 1 is 1.26 bits per heavy atom. The fourth-order valence-electron chi connectivity index (χ4n) is 2.26. The third-order valence-corrected chi connectivity index (χ3v) is 3.99. The Hall–Kier alpha value is -2.68. The van der Waals surface area contributed by atoms with Crippen LogP contribution in [0.1, 0.15) is 19.4 Å². The first-order valence-electron chi connectivity index (χ1n) is 8.07. The highest BCUT2D eigenvalue weighted by Gasteiger charge is 2.16. The molecule has 0 aromatic heterocycles. The maximum Gasteiger partial charge on any atom is 0.266 e. The normalized spacial score (nSPS) is 11.1. The molecule has 0 atom stereocenters. The topological polar surface area (TPSA) is 71.3 Å². The smallest absolute Gasteiger partial charge is 0.266 e. The number of nitriles is 1. The fraction of sp³-hybridized carbons (Fsp3) is 0.200. The number of benzene rings is 2. The summed E-state index contributed by atoms with van der Waals surface area (Å²) in [6.07, 6.45) is 1.33. The molecule has 0 saturated carbocycles. The number of rotatable bonds is 6. The van der Waals surface area contributed by atoms with E-state index in [-0.39, 0.29) is 11.7 Å². The number of halogens is 2. The molecule has 2 rings (SSSR count). The maximum absolute atomic E-state index is 12.5. The second-order valence-corrected chi connectivity index (χ2v) is 6.64. The number of carbonyl (C=O) groups excluding carboxylic acids is 1. The molecule has 0 heterocycles. The van der Waals surface area contributed by atoms with Gasteiger partial charge in [0, 0.05) is 10.6 Å². The zero-order chi connectivity index (χ0) is 20.0. The average molecular weight is 405 g/mol. The Labute approximate surface area is 168 Å². The summed E-state index contributed by atoms with van der Waals surface area (Å²) < 4.78 is 11.1. The van der Waals surface area contributed by atoms with Crippen LogP contribution in [0, 0.1) is 11.3 Å². The largest absolute Gasteiger partial charge is 0.493 e. The highest BCUT2D eigenvalue weighted by atomic mass is 35.5. The van der Waals surface area contributed by atoms with Gasteiger partial charge in [-0.15, -0.1) is 0 Å². The van der Waals surface area contributed by atoms with Crippen LogP contribution in [0.4, 0.5) is 5.69 Å². The molecule has 5 nitrogen and oxygen atoms in total. The standard InChI is InChI=1S/C20H18Cl2N2O3/c1-12(2)27-19-13(5-4-6-18(19)26-3)9-14(11-23)20(25)24-17-10-15(21)7-8-16(17)22/h4-10,12H,1-3H3,(H,24,25)/b14-9+. The van der Waals surface area contributed by atoms with E-state index in [0.717, 1.165) is 0 Å². The van der Waals surface area contributed by atoms with Crippen molar-refractivity contribution in [2.45, 2.75) is 20.0 Å². The van der Waals surface area contributed by atoms with Crippen LogP contribution in [0.2, 0.25) is 10.0 Å². The number of ether oxygens (including phenoxy) is 2. The molecule has 0 aliphatic heterocycles. The lowest BCUT2D eigenvalue weighted by Crippen LogP contribution is -2.14. The molecule has 0 aliphatic carbocycles. The Kier molecular flexibility index (Phi) is 7.12. The molecule has 0 fully saturated rings. The van der Waals surface area contributed by atoms with E-state index >= 15 is 0 Å². The van der Waals surface area contributed by atoms with E-state index in [1.165, 1.54) is 19.3 Å². The lowest BCUT2D eigenvalue weighted by atomic mass is 10.1. The summed E-state index contributed by atoms with van der Waals surface area (Å²) in [5, 5.41) is 12.8. The molecule has 0 radical (unpaired) electrons. The quantitative estimate of drug-likeness (QED) is 0.521. The lowest BCUT2D eigenvalue weighted by molar-refractivity contribution is -0.112. The third-order valence-electron chi connectivity index (χ3n) is 3.42. The van der Waals surface area contributed by atoms with Crippen molar-refractivity contribution in [2.75, 3.05) is 12.4 Å². The van der Waals surface area contributed by atoms with Crippen LogP contribution in [0.5, 0.6) is 11.5 Å². The first-order chi connectivity index (χ1) is 12.8. The molecule has 2 aromatic carbocycles. The van der Waals surface area contributed by atoms with E-state index < -0.39 is 5.91 Å². The molecular weight excluding hydrogens is 387 g/mol. The minimum Gasteiger partial charge on any atom is -0.493 e. The van der Waals surface area contributed by atoms with Crippen LogP contribution in [-0.4, -0.2) is 19.1 Å². The van der Waals surface area contributed by atoms with Crippen molar-refractivity contribution < 1.29 is 14.3 Å². The van der Waals surface area contributed by atoms with Gasteiger partial charge in [-0.05, 0) is 44.2 Å². The molecule has 0 unspecified atom stereocenters. The summed E-state index contributed by atoms with van der Waals surface area (Å²) in [5.41, 5.74) is 0.749. The monoisotopic (exact) mass is 404 g/mol. The number of anilines is 1. The van der Waals surface area contributed by atoms with Crippen LogP contribution >= 0.6 is 23.2 Å². The van der Waals surface area contributed by atoms with Crippen LogP contribution < -0.4 is 14.8 Å². The van der Waals surface area contributed by atoms with Gasteiger partial charge in [0.05, 0.1) is 23.9 Å². The van der Waals surface area contributed by atoms with Crippen LogP contribution in [0.3, 0.4) is 0 Å². The second-order valence-electron chi connectivity index (χ2n) is 5.79. The number of methoxy groups -OCH3 is 1. The molecule has 2 aromatic rings. The van der Waals surface area contributed by atoms with Crippen molar-refractivity contribution in [1.29, 1.82) is 5.26 Å². The summed E-state index contributed by atoms with van der Waals surface area (Å²) in [5.74, 6) is 0.351. The van der Waals surface area contributed by atoms with Crippen molar-refractivity contribution >= 4 is 40.9 Å². The number of para-hydroxylation sites is 1. The van der Waals surface area contributed by atoms with Gasteiger partial charge in [0.1, 0.15) is 11.6 Å². The minimum atomic E-state index is -0.611. The van der Waals surface area contributed by atoms with Crippen molar-refractivity contribution in [2.24, 2.45) is 0 Å². The number of nitrogens with one attached hydrogen (secondary N) is 1. The van der Waals surface area contributed by atoms with Gasteiger partial charge >= 0.3 is 0 Å². The van der Waals surface area contributed by atoms with Crippen molar-refractivity contribution in [3.05, 3.63) is 57.6 Å². The molecule has 0 saturated heterocycles. The van der Waals surface area contributed by atoms with Crippen LogP contribution in [0.15, 0.2) is 42.0 Å². The Morgan fingerprint density at radius 3 is 2.63 bits per heavy atom. The molecule has 1 N–H and O–H groups in total. The predicted octanol–water partition coefficient (Wildman–Crippen LogP) is 5.33.